The van der Waals surface area contributed by atoms with E-state index in [9.17, 15) is 0 Å². The largest absolute Gasteiger partial charge is 0.399 e. The Labute approximate surface area is 205 Å². The lowest BCUT2D eigenvalue weighted by Crippen LogP contribution is -2.27. The SMILES string of the molecule is CC(Cc1cccc2ccccc12)(c1ccc2cc(N)ccc2c1)c1ccc2cc(N)ccc2c1. The van der Waals surface area contributed by atoms with Crippen LogP contribution < -0.4 is 11.5 Å². The van der Waals surface area contributed by atoms with Crippen LogP contribution >= 0.6 is 0 Å². The number of hydrogen-bond acceptors (Lipinski definition) is 2. The van der Waals surface area contributed by atoms with Crippen molar-refractivity contribution in [1.82, 2.24) is 0 Å². The molecule has 6 aromatic carbocycles. The smallest absolute Gasteiger partial charge is 0.0320 e. The molecule has 0 fully saturated rings. The number of hydrogen-bond donors (Lipinski definition) is 2. The van der Waals surface area contributed by atoms with Crippen LogP contribution in [0.3, 0.4) is 0 Å². The van der Waals surface area contributed by atoms with Crippen molar-refractivity contribution in [2.24, 2.45) is 0 Å². The van der Waals surface area contributed by atoms with Crippen LogP contribution in [0.5, 0.6) is 0 Å². The fourth-order valence-corrected chi connectivity index (χ4v) is 5.41. The van der Waals surface area contributed by atoms with Gasteiger partial charge in [-0.1, -0.05) is 97.9 Å². The first kappa shape index (κ1) is 21.2. The van der Waals surface area contributed by atoms with E-state index in [1.165, 1.54) is 38.2 Å². The summed E-state index contributed by atoms with van der Waals surface area (Å²) >= 11 is 0. The Morgan fingerprint density at radius 3 is 1.66 bits per heavy atom. The summed E-state index contributed by atoms with van der Waals surface area (Å²) in [5, 5.41) is 7.31. The van der Waals surface area contributed by atoms with E-state index in [1.54, 1.807) is 0 Å². The standard InChI is InChI=1S/C33H28N2/c1-33(21-27-7-4-6-22-5-2-3-8-32(22)27,28-13-9-25-19-30(34)15-11-23(25)17-28)29-14-10-26-20-31(35)16-12-24(26)18-29/h2-20H,21,34-35H2,1H3. The number of anilines is 2. The summed E-state index contributed by atoms with van der Waals surface area (Å²) in [6.45, 7) is 2.37. The quantitative estimate of drug-likeness (QED) is 0.267. The Balaban J connectivity index is 1.57. The Bertz CT molecular complexity index is 1620. The molecule has 0 heterocycles. The van der Waals surface area contributed by atoms with E-state index in [4.69, 9.17) is 11.5 Å². The molecule has 0 aliphatic carbocycles. The van der Waals surface area contributed by atoms with E-state index in [0.29, 0.717) is 0 Å². The lowest BCUT2D eigenvalue weighted by atomic mass is 9.71. The molecule has 0 aliphatic rings. The molecule has 2 nitrogen and oxygen atoms in total. The molecule has 0 amide bonds. The third kappa shape index (κ3) is 3.77. The minimum Gasteiger partial charge on any atom is -0.399 e. The van der Waals surface area contributed by atoms with Crippen LogP contribution in [0.4, 0.5) is 11.4 Å². The summed E-state index contributed by atoms with van der Waals surface area (Å²) in [5.74, 6) is 0. The number of rotatable bonds is 4. The second-order valence-corrected chi connectivity index (χ2v) is 9.79. The third-order valence-electron chi connectivity index (χ3n) is 7.43. The summed E-state index contributed by atoms with van der Waals surface area (Å²) in [4.78, 5) is 0. The molecule has 6 rings (SSSR count). The molecule has 0 saturated heterocycles. The summed E-state index contributed by atoms with van der Waals surface area (Å²) in [5.41, 5.74) is 17.4. The van der Waals surface area contributed by atoms with Gasteiger partial charge in [-0.05, 0) is 79.7 Å². The summed E-state index contributed by atoms with van der Waals surface area (Å²) in [6.07, 6.45) is 0.884. The van der Waals surface area contributed by atoms with Crippen LogP contribution in [-0.4, -0.2) is 0 Å². The van der Waals surface area contributed by atoms with E-state index < -0.39 is 0 Å². The molecule has 0 spiro atoms. The Kier molecular flexibility index (Phi) is 4.96. The molecule has 2 heteroatoms. The average molecular weight is 453 g/mol. The molecule has 0 saturated carbocycles. The van der Waals surface area contributed by atoms with Crippen LogP contribution in [0.15, 0.2) is 115 Å². The molecule has 0 aromatic heterocycles. The first-order valence-corrected chi connectivity index (χ1v) is 12.1. The number of nitrogens with two attached hydrogens (primary N) is 2. The van der Waals surface area contributed by atoms with E-state index in [0.717, 1.165) is 28.6 Å². The van der Waals surface area contributed by atoms with Gasteiger partial charge in [0.1, 0.15) is 0 Å². The number of benzene rings is 6. The topological polar surface area (TPSA) is 52.0 Å². The van der Waals surface area contributed by atoms with Crippen molar-refractivity contribution in [3.63, 3.8) is 0 Å². The van der Waals surface area contributed by atoms with Gasteiger partial charge < -0.3 is 11.5 Å². The zero-order valence-electron chi connectivity index (χ0n) is 19.8. The van der Waals surface area contributed by atoms with Crippen LogP contribution in [0.25, 0.3) is 32.3 Å². The van der Waals surface area contributed by atoms with Crippen molar-refractivity contribution in [3.05, 3.63) is 132 Å². The molecular weight excluding hydrogens is 424 g/mol. The van der Waals surface area contributed by atoms with Crippen molar-refractivity contribution in [2.45, 2.75) is 18.8 Å². The van der Waals surface area contributed by atoms with E-state index >= 15 is 0 Å². The van der Waals surface area contributed by atoms with Gasteiger partial charge in [-0.2, -0.15) is 0 Å². The molecule has 4 N–H and O–H groups in total. The molecule has 0 aliphatic heterocycles. The molecule has 0 radical (unpaired) electrons. The van der Waals surface area contributed by atoms with Crippen molar-refractivity contribution in [1.29, 1.82) is 0 Å². The van der Waals surface area contributed by atoms with Crippen molar-refractivity contribution in [3.8, 4) is 0 Å². The van der Waals surface area contributed by atoms with E-state index in [1.807, 2.05) is 24.3 Å². The van der Waals surface area contributed by atoms with Gasteiger partial charge in [-0.3, -0.25) is 0 Å². The van der Waals surface area contributed by atoms with Crippen LogP contribution in [0, 0.1) is 0 Å². The Morgan fingerprint density at radius 2 is 1.03 bits per heavy atom. The highest BCUT2D eigenvalue weighted by Crippen LogP contribution is 2.40. The molecule has 6 aromatic rings. The molecule has 0 unspecified atom stereocenters. The predicted molar refractivity (Wildman–Crippen MR) is 151 cm³/mol. The molecule has 0 bridgehead atoms. The fourth-order valence-electron chi connectivity index (χ4n) is 5.41. The number of nitrogen functional groups attached to an aromatic ring is 2. The van der Waals surface area contributed by atoms with Gasteiger partial charge in [0.05, 0.1) is 0 Å². The first-order chi connectivity index (χ1) is 17.0. The van der Waals surface area contributed by atoms with E-state index in [-0.39, 0.29) is 5.41 Å². The number of fused-ring (bicyclic) bond motifs is 3. The van der Waals surface area contributed by atoms with Gasteiger partial charge in [0, 0.05) is 16.8 Å². The van der Waals surface area contributed by atoms with Crippen molar-refractivity contribution in [2.75, 3.05) is 11.5 Å². The monoisotopic (exact) mass is 452 g/mol. The lowest BCUT2D eigenvalue weighted by Gasteiger charge is -2.32. The van der Waals surface area contributed by atoms with Gasteiger partial charge in [0.15, 0.2) is 0 Å². The average Bonchev–Trinajstić information content (AvgIpc) is 2.88. The fraction of sp³-hybridized carbons (Fsp3) is 0.0909. The van der Waals surface area contributed by atoms with Gasteiger partial charge in [0.2, 0.25) is 0 Å². The maximum Gasteiger partial charge on any atom is 0.0320 e. The first-order valence-electron chi connectivity index (χ1n) is 12.1. The Hall–Kier alpha value is -4.30. The van der Waals surface area contributed by atoms with Gasteiger partial charge in [-0.15, -0.1) is 0 Å². The molecular formula is C33H28N2. The highest BCUT2D eigenvalue weighted by molar-refractivity contribution is 5.89. The summed E-state index contributed by atoms with van der Waals surface area (Å²) in [6, 6.07) is 41.2. The second-order valence-electron chi connectivity index (χ2n) is 9.79. The molecule has 170 valence electrons. The third-order valence-corrected chi connectivity index (χ3v) is 7.43. The summed E-state index contributed by atoms with van der Waals surface area (Å²) < 4.78 is 0. The zero-order valence-corrected chi connectivity index (χ0v) is 19.8. The highest BCUT2D eigenvalue weighted by atomic mass is 14.5. The van der Waals surface area contributed by atoms with Crippen LogP contribution in [0.1, 0.15) is 23.6 Å². The minimum atomic E-state index is -0.241. The van der Waals surface area contributed by atoms with Crippen molar-refractivity contribution < 1.29 is 0 Å². The Morgan fingerprint density at radius 1 is 0.514 bits per heavy atom. The second kappa shape index (κ2) is 8.18. The van der Waals surface area contributed by atoms with E-state index in [2.05, 4.69) is 97.9 Å². The van der Waals surface area contributed by atoms with Gasteiger partial charge in [-0.25, -0.2) is 0 Å². The molecule has 0 atom stereocenters. The minimum absolute atomic E-state index is 0.241. The zero-order chi connectivity index (χ0) is 24.0. The molecule has 35 heavy (non-hydrogen) atoms. The highest BCUT2D eigenvalue weighted by Gasteiger charge is 2.30. The lowest BCUT2D eigenvalue weighted by molar-refractivity contribution is 0.571. The normalized spacial score (nSPS) is 11.9. The van der Waals surface area contributed by atoms with Gasteiger partial charge in [0.25, 0.3) is 0 Å². The van der Waals surface area contributed by atoms with Crippen molar-refractivity contribution >= 4 is 43.7 Å². The van der Waals surface area contributed by atoms with Crippen LogP contribution in [-0.2, 0) is 11.8 Å². The summed E-state index contributed by atoms with van der Waals surface area (Å²) in [7, 11) is 0. The van der Waals surface area contributed by atoms with Gasteiger partial charge >= 0.3 is 0 Å². The predicted octanol–water partition coefficient (Wildman–Crippen LogP) is 7.86. The van der Waals surface area contributed by atoms with Crippen LogP contribution in [0.2, 0.25) is 0 Å². The maximum atomic E-state index is 6.05. The maximum absolute atomic E-state index is 6.05.